The second-order valence-corrected chi connectivity index (χ2v) is 2.60. The smallest absolute Gasteiger partial charge is 0.127 e. The Kier molecular flexibility index (Phi) is 7.24. The molecule has 0 atom stereocenters. The second kappa shape index (κ2) is 8.11. The molecule has 1 nitrogen and oxygen atoms in total. The molecule has 14 heavy (non-hydrogen) atoms. The van der Waals surface area contributed by atoms with Gasteiger partial charge in [-0.15, -0.1) is 0 Å². The fourth-order valence-electron chi connectivity index (χ4n) is 0.894. The van der Waals surface area contributed by atoms with E-state index in [9.17, 15) is 0 Å². The van der Waals surface area contributed by atoms with Gasteiger partial charge in [-0.2, -0.15) is 0 Å². The lowest BCUT2D eigenvalue weighted by atomic mass is 10.3. The summed E-state index contributed by atoms with van der Waals surface area (Å²) in [5.74, 6) is 1.62. The Morgan fingerprint density at radius 3 is 2.00 bits per heavy atom. The van der Waals surface area contributed by atoms with Crippen LogP contribution in [0.15, 0.2) is 60.6 Å². The van der Waals surface area contributed by atoms with Crippen molar-refractivity contribution in [1.82, 2.24) is 0 Å². The molecule has 0 fully saturated rings. The molecule has 0 aliphatic rings. The minimum Gasteiger partial charge on any atom is -0.458 e. The molecule has 0 radical (unpaired) electrons. The quantitative estimate of drug-likeness (QED) is 0.468. The minimum absolute atomic E-state index is 0.786. The molecule has 0 aliphatic carbocycles. The topological polar surface area (TPSA) is 9.23 Å². The molecule has 0 aromatic heterocycles. The highest BCUT2D eigenvalue weighted by molar-refractivity contribution is 5.22. The summed E-state index contributed by atoms with van der Waals surface area (Å²) in [4.78, 5) is 0. The maximum Gasteiger partial charge on any atom is 0.127 e. The molecule has 0 saturated heterocycles. The lowest BCUT2D eigenvalue weighted by Gasteiger charge is -2.05. The molecule has 1 heteroatoms. The summed E-state index contributed by atoms with van der Waals surface area (Å²) >= 11 is 0. The van der Waals surface area contributed by atoms with Crippen LogP contribution in [-0.4, -0.2) is 0 Å². The van der Waals surface area contributed by atoms with Crippen LogP contribution in [0.2, 0.25) is 0 Å². The minimum atomic E-state index is 0.786. The van der Waals surface area contributed by atoms with Gasteiger partial charge in [-0.05, 0) is 45.1 Å². The van der Waals surface area contributed by atoms with Gasteiger partial charge in [-0.3, -0.25) is 0 Å². The molecule has 0 heterocycles. The van der Waals surface area contributed by atoms with Crippen molar-refractivity contribution in [2.45, 2.75) is 20.8 Å². The first-order valence-electron chi connectivity index (χ1n) is 4.70. The zero-order valence-electron chi connectivity index (χ0n) is 9.16. The highest BCUT2D eigenvalue weighted by Gasteiger charge is 1.94. The summed E-state index contributed by atoms with van der Waals surface area (Å²) in [6.45, 7) is 9.48. The summed E-state index contributed by atoms with van der Waals surface area (Å²) in [6, 6.07) is 0. The first-order valence-corrected chi connectivity index (χ1v) is 4.70. The van der Waals surface area contributed by atoms with Crippen LogP contribution in [0.4, 0.5) is 0 Å². The van der Waals surface area contributed by atoms with Crippen molar-refractivity contribution in [3.63, 3.8) is 0 Å². The summed E-state index contributed by atoms with van der Waals surface area (Å²) in [6.07, 6.45) is 13.1. The van der Waals surface area contributed by atoms with Crippen LogP contribution in [0.1, 0.15) is 20.8 Å². The van der Waals surface area contributed by atoms with E-state index in [0.717, 1.165) is 11.5 Å². The Labute approximate surface area is 86.8 Å². The van der Waals surface area contributed by atoms with Gasteiger partial charge in [0.15, 0.2) is 0 Å². The van der Waals surface area contributed by atoms with Gasteiger partial charge in [0.05, 0.1) is 0 Å². The zero-order chi connectivity index (χ0) is 10.8. The number of allylic oxidation sites excluding steroid dienone is 7. The Morgan fingerprint density at radius 1 is 1.00 bits per heavy atom. The predicted octanol–water partition coefficient (Wildman–Crippen LogP) is 4.13. The first kappa shape index (κ1) is 12.5. The molecule has 0 bridgehead atoms. The third kappa shape index (κ3) is 5.20. The molecule has 0 amide bonds. The normalized spacial score (nSPS) is 13.9. The van der Waals surface area contributed by atoms with Gasteiger partial charge in [0.1, 0.15) is 11.5 Å². The first-order chi connectivity index (χ1) is 6.78. The van der Waals surface area contributed by atoms with Crippen molar-refractivity contribution in [2.24, 2.45) is 0 Å². The monoisotopic (exact) mass is 190 g/mol. The van der Waals surface area contributed by atoms with E-state index in [-0.39, 0.29) is 0 Å². The second-order valence-electron chi connectivity index (χ2n) is 2.60. The molecule has 0 unspecified atom stereocenters. The van der Waals surface area contributed by atoms with Crippen LogP contribution >= 0.6 is 0 Å². The number of hydrogen-bond donors (Lipinski definition) is 0. The van der Waals surface area contributed by atoms with Crippen molar-refractivity contribution in [2.75, 3.05) is 0 Å². The van der Waals surface area contributed by atoms with Gasteiger partial charge < -0.3 is 4.74 Å². The standard InChI is InChI=1S/C13H18O/c1-5-9-12(8-4)14-13(10-6-2)11-7-3/h5-11H,2H2,1,3-4H3/b9-5-,11-7-,12-8+,13-10+. The van der Waals surface area contributed by atoms with Gasteiger partial charge >= 0.3 is 0 Å². The summed E-state index contributed by atoms with van der Waals surface area (Å²) in [5, 5.41) is 0. The highest BCUT2D eigenvalue weighted by Crippen LogP contribution is 2.09. The molecule has 0 saturated carbocycles. The molecule has 0 rings (SSSR count). The fourth-order valence-corrected chi connectivity index (χ4v) is 0.894. The molecule has 0 aromatic carbocycles. The van der Waals surface area contributed by atoms with Crippen molar-refractivity contribution in [3.05, 3.63) is 60.6 Å². The largest absolute Gasteiger partial charge is 0.458 e. The van der Waals surface area contributed by atoms with Crippen LogP contribution < -0.4 is 0 Å². The van der Waals surface area contributed by atoms with E-state index in [0.29, 0.717) is 0 Å². The van der Waals surface area contributed by atoms with Gasteiger partial charge in [-0.1, -0.05) is 24.8 Å². The van der Waals surface area contributed by atoms with E-state index in [4.69, 9.17) is 4.74 Å². The molecule has 0 aromatic rings. The summed E-state index contributed by atoms with van der Waals surface area (Å²) in [5.41, 5.74) is 0. The lowest BCUT2D eigenvalue weighted by Crippen LogP contribution is -1.87. The zero-order valence-corrected chi connectivity index (χ0v) is 9.16. The van der Waals surface area contributed by atoms with E-state index in [1.54, 1.807) is 6.08 Å². The fraction of sp³-hybridized carbons (Fsp3) is 0.231. The van der Waals surface area contributed by atoms with E-state index < -0.39 is 0 Å². The summed E-state index contributed by atoms with van der Waals surface area (Å²) < 4.78 is 5.60. The molecule has 0 spiro atoms. The van der Waals surface area contributed by atoms with Crippen molar-refractivity contribution < 1.29 is 4.74 Å². The third-order valence-corrected chi connectivity index (χ3v) is 1.46. The van der Waals surface area contributed by atoms with E-state index in [2.05, 4.69) is 6.58 Å². The van der Waals surface area contributed by atoms with Crippen LogP contribution in [0, 0.1) is 0 Å². The van der Waals surface area contributed by atoms with Crippen molar-refractivity contribution in [3.8, 4) is 0 Å². The predicted molar refractivity (Wildman–Crippen MR) is 62.8 cm³/mol. The Balaban J connectivity index is 4.58. The number of ether oxygens (including phenoxy) is 1. The Hall–Kier alpha value is -1.50. The Bertz CT molecular complexity index is 278. The van der Waals surface area contributed by atoms with E-state index in [1.807, 2.05) is 57.2 Å². The summed E-state index contributed by atoms with van der Waals surface area (Å²) in [7, 11) is 0. The average Bonchev–Trinajstić information content (AvgIpc) is 2.18. The van der Waals surface area contributed by atoms with Crippen molar-refractivity contribution in [1.29, 1.82) is 0 Å². The van der Waals surface area contributed by atoms with Crippen LogP contribution in [0.25, 0.3) is 0 Å². The third-order valence-electron chi connectivity index (χ3n) is 1.46. The van der Waals surface area contributed by atoms with Gasteiger partial charge in [0, 0.05) is 0 Å². The maximum atomic E-state index is 5.60. The average molecular weight is 190 g/mol. The van der Waals surface area contributed by atoms with Crippen LogP contribution in [0.3, 0.4) is 0 Å². The lowest BCUT2D eigenvalue weighted by molar-refractivity contribution is 0.335. The number of hydrogen-bond acceptors (Lipinski definition) is 1. The maximum absolute atomic E-state index is 5.60. The van der Waals surface area contributed by atoms with Gasteiger partial charge in [0.2, 0.25) is 0 Å². The molecular weight excluding hydrogens is 172 g/mol. The molecule has 76 valence electrons. The van der Waals surface area contributed by atoms with Gasteiger partial charge in [0.25, 0.3) is 0 Å². The highest BCUT2D eigenvalue weighted by atomic mass is 16.5. The Morgan fingerprint density at radius 2 is 1.57 bits per heavy atom. The van der Waals surface area contributed by atoms with Crippen molar-refractivity contribution >= 4 is 0 Å². The molecule has 0 N–H and O–H groups in total. The van der Waals surface area contributed by atoms with Gasteiger partial charge in [-0.25, -0.2) is 0 Å². The number of rotatable bonds is 5. The van der Waals surface area contributed by atoms with E-state index >= 15 is 0 Å². The van der Waals surface area contributed by atoms with E-state index in [1.165, 1.54) is 0 Å². The van der Waals surface area contributed by atoms with Crippen LogP contribution in [0.5, 0.6) is 0 Å². The molecule has 0 aliphatic heterocycles. The van der Waals surface area contributed by atoms with Crippen LogP contribution in [-0.2, 0) is 4.74 Å². The SMILES string of the molecule is C=C/C=C(\C=C/C)OC(/C=C\C)=C/C. The molecular formula is C13H18O.